The van der Waals surface area contributed by atoms with Crippen LogP contribution in [0.5, 0.6) is 0 Å². The summed E-state index contributed by atoms with van der Waals surface area (Å²) in [5.74, 6) is 0. The fourth-order valence-electron chi connectivity index (χ4n) is 1.78. The maximum atomic E-state index is 9.13. The lowest BCUT2D eigenvalue weighted by Crippen LogP contribution is -2.21. The van der Waals surface area contributed by atoms with E-state index in [2.05, 4.69) is 39.2 Å². The first-order valence-electron chi connectivity index (χ1n) is 5.61. The molecule has 0 radical (unpaired) electrons. The van der Waals surface area contributed by atoms with Crippen molar-refractivity contribution in [1.29, 1.82) is 5.26 Å². The second kappa shape index (κ2) is 5.69. The van der Waals surface area contributed by atoms with E-state index in [-0.39, 0.29) is 6.04 Å². The Morgan fingerprint density at radius 1 is 1.56 bits per heavy atom. The molecule has 0 aliphatic heterocycles. The summed E-state index contributed by atoms with van der Waals surface area (Å²) in [6.07, 6.45) is 5.46. The number of nitrogens with zero attached hydrogens (tertiary/aromatic N) is 3. The molecule has 1 aromatic heterocycles. The van der Waals surface area contributed by atoms with Crippen LogP contribution in [0.2, 0.25) is 0 Å². The molecule has 0 bridgehead atoms. The van der Waals surface area contributed by atoms with Crippen LogP contribution in [0.25, 0.3) is 0 Å². The minimum atomic E-state index is 0.209. The third-order valence-electron chi connectivity index (χ3n) is 2.57. The van der Waals surface area contributed by atoms with Crippen molar-refractivity contribution >= 4 is 21.6 Å². The number of rotatable bonds is 4. The topological polar surface area (TPSA) is 53.6 Å². The third-order valence-corrected chi connectivity index (χ3v) is 3.23. The molecule has 0 amide bonds. The summed E-state index contributed by atoms with van der Waals surface area (Å²) in [5, 5.41) is 12.5. The van der Waals surface area contributed by atoms with Crippen LogP contribution in [-0.4, -0.2) is 15.6 Å². The molecule has 1 N–H and O–H groups in total. The van der Waals surface area contributed by atoms with Gasteiger partial charge in [0.05, 0.1) is 17.6 Å². The van der Waals surface area contributed by atoms with Crippen molar-refractivity contribution < 1.29 is 0 Å². The molecule has 92 valence electrons. The van der Waals surface area contributed by atoms with E-state index in [1.807, 2.05) is 29.0 Å². The molecule has 1 atom stereocenters. The number of hydrogen-bond donors (Lipinski definition) is 1. The van der Waals surface area contributed by atoms with Crippen LogP contribution >= 0.6 is 15.9 Å². The van der Waals surface area contributed by atoms with E-state index in [9.17, 15) is 0 Å². The van der Waals surface area contributed by atoms with Crippen molar-refractivity contribution in [2.75, 3.05) is 5.32 Å². The van der Waals surface area contributed by atoms with E-state index in [1.54, 1.807) is 12.5 Å². The smallest absolute Gasteiger partial charge is 0.103 e. The Labute approximate surface area is 114 Å². The molecule has 0 saturated heterocycles. The van der Waals surface area contributed by atoms with Crippen LogP contribution in [0.4, 0.5) is 5.69 Å². The Bertz CT molecular complexity index is 557. The lowest BCUT2D eigenvalue weighted by atomic mass is 10.2. The second-order valence-corrected chi connectivity index (χ2v) is 4.93. The first-order chi connectivity index (χ1) is 8.70. The van der Waals surface area contributed by atoms with Crippen LogP contribution in [0.1, 0.15) is 12.5 Å². The Morgan fingerprint density at radius 3 is 3.06 bits per heavy atom. The van der Waals surface area contributed by atoms with Gasteiger partial charge in [-0.1, -0.05) is 6.07 Å². The average Bonchev–Trinajstić information content (AvgIpc) is 2.82. The standard InChI is InChI=1S/C13H13BrN4/c1-10(8-18-6-5-16-9-18)17-13-4-2-3-12(14)11(13)7-15/h2-6,9-10,17H,8H2,1H3. The first kappa shape index (κ1) is 12.7. The Hall–Kier alpha value is -1.80. The molecule has 0 aliphatic rings. The highest BCUT2D eigenvalue weighted by atomic mass is 79.9. The van der Waals surface area contributed by atoms with Gasteiger partial charge in [0.1, 0.15) is 6.07 Å². The van der Waals surface area contributed by atoms with Crippen molar-refractivity contribution in [3.63, 3.8) is 0 Å². The Balaban J connectivity index is 2.10. The number of anilines is 1. The summed E-state index contributed by atoms with van der Waals surface area (Å²) in [5.41, 5.74) is 1.48. The SMILES string of the molecule is CC(Cn1ccnc1)Nc1cccc(Br)c1C#N. The normalized spacial score (nSPS) is 11.8. The summed E-state index contributed by atoms with van der Waals surface area (Å²) in [4.78, 5) is 4.01. The summed E-state index contributed by atoms with van der Waals surface area (Å²) in [6, 6.07) is 8.10. The molecule has 2 aromatic rings. The fourth-order valence-corrected chi connectivity index (χ4v) is 2.23. The molecule has 0 aliphatic carbocycles. The van der Waals surface area contributed by atoms with Crippen LogP contribution in [0.3, 0.4) is 0 Å². The number of hydrogen-bond acceptors (Lipinski definition) is 3. The molecule has 18 heavy (non-hydrogen) atoms. The van der Waals surface area contributed by atoms with E-state index in [0.29, 0.717) is 5.56 Å². The van der Waals surface area contributed by atoms with Crippen molar-refractivity contribution in [2.24, 2.45) is 0 Å². The van der Waals surface area contributed by atoms with Crippen molar-refractivity contribution in [1.82, 2.24) is 9.55 Å². The molecule has 1 unspecified atom stereocenters. The van der Waals surface area contributed by atoms with E-state index < -0.39 is 0 Å². The molecule has 4 nitrogen and oxygen atoms in total. The van der Waals surface area contributed by atoms with Gasteiger partial charge in [0.15, 0.2) is 0 Å². The van der Waals surface area contributed by atoms with E-state index in [1.165, 1.54) is 0 Å². The zero-order valence-electron chi connectivity index (χ0n) is 9.97. The van der Waals surface area contributed by atoms with Gasteiger partial charge < -0.3 is 9.88 Å². The van der Waals surface area contributed by atoms with Gasteiger partial charge in [-0.2, -0.15) is 5.26 Å². The predicted octanol–water partition coefficient (Wildman–Crippen LogP) is 3.02. The highest BCUT2D eigenvalue weighted by Gasteiger charge is 2.09. The van der Waals surface area contributed by atoms with E-state index >= 15 is 0 Å². The number of benzene rings is 1. The molecule has 1 heterocycles. The van der Waals surface area contributed by atoms with Gasteiger partial charge in [0.25, 0.3) is 0 Å². The zero-order valence-corrected chi connectivity index (χ0v) is 11.6. The highest BCUT2D eigenvalue weighted by molar-refractivity contribution is 9.10. The molecule has 0 fully saturated rings. The quantitative estimate of drug-likeness (QED) is 0.944. The van der Waals surface area contributed by atoms with Gasteiger partial charge in [-0.3, -0.25) is 0 Å². The first-order valence-corrected chi connectivity index (χ1v) is 6.41. The summed E-state index contributed by atoms with van der Waals surface area (Å²) in [6.45, 7) is 2.87. The lowest BCUT2D eigenvalue weighted by molar-refractivity contribution is 0.619. The summed E-state index contributed by atoms with van der Waals surface area (Å²) >= 11 is 3.38. The Kier molecular flexibility index (Phi) is 4.00. The van der Waals surface area contributed by atoms with Crippen molar-refractivity contribution in [3.8, 4) is 6.07 Å². The van der Waals surface area contributed by atoms with Gasteiger partial charge in [0.2, 0.25) is 0 Å². The minimum Gasteiger partial charge on any atom is -0.380 e. The van der Waals surface area contributed by atoms with Gasteiger partial charge >= 0.3 is 0 Å². The monoisotopic (exact) mass is 304 g/mol. The molecular formula is C13H13BrN4. The van der Waals surface area contributed by atoms with Crippen molar-refractivity contribution in [2.45, 2.75) is 19.5 Å². The third kappa shape index (κ3) is 2.90. The van der Waals surface area contributed by atoms with Crippen molar-refractivity contribution in [3.05, 3.63) is 47.0 Å². The van der Waals surface area contributed by atoms with Crippen LogP contribution in [-0.2, 0) is 6.54 Å². The molecule has 5 heteroatoms. The summed E-state index contributed by atoms with van der Waals surface area (Å²) in [7, 11) is 0. The number of imidazole rings is 1. The maximum absolute atomic E-state index is 9.13. The predicted molar refractivity (Wildman–Crippen MR) is 74.2 cm³/mol. The fraction of sp³-hybridized carbons (Fsp3) is 0.231. The van der Waals surface area contributed by atoms with Gasteiger partial charge in [-0.15, -0.1) is 0 Å². The Morgan fingerprint density at radius 2 is 2.39 bits per heavy atom. The number of halogens is 1. The number of nitrogens with one attached hydrogen (secondary N) is 1. The summed E-state index contributed by atoms with van der Waals surface area (Å²) < 4.78 is 2.81. The van der Waals surface area contributed by atoms with Gasteiger partial charge in [-0.05, 0) is 35.0 Å². The van der Waals surface area contributed by atoms with E-state index in [0.717, 1.165) is 16.7 Å². The highest BCUT2D eigenvalue weighted by Crippen LogP contribution is 2.24. The second-order valence-electron chi connectivity index (χ2n) is 4.08. The van der Waals surface area contributed by atoms with Crippen LogP contribution in [0.15, 0.2) is 41.4 Å². The van der Waals surface area contributed by atoms with Gasteiger partial charge in [-0.25, -0.2) is 4.98 Å². The lowest BCUT2D eigenvalue weighted by Gasteiger charge is -2.17. The number of aromatic nitrogens is 2. The van der Waals surface area contributed by atoms with Crippen LogP contribution < -0.4 is 5.32 Å². The largest absolute Gasteiger partial charge is 0.380 e. The van der Waals surface area contributed by atoms with Gasteiger partial charge in [0, 0.05) is 29.5 Å². The molecule has 0 saturated carbocycles. The van der Waals surface area contributed by atoms with E-state index in [4.69, 9.17) is 5.26 Å². The minimum absolute atomic E-state index is 0.209. The zero-order chi connectivity index (χ0) is 13.0. The average molecular weight is 305 g/mol. The maximum Gasteiger partial charge on any atom is 0.103 e. The molecule has 1 aromatic carbocycles. The number of nitriles is 1. The molecular weight excluding hydrogens is 292 g/mol. The van der Waals surface area contributed by atoms with Crippen LogP contribution in [0, 0.1) is 11.3 Å². The molecule has 2 rings (SSSR count). The molecule has 0 spiro atoms.